The summed E-state index contributed by atoms with van der Waals surface area (Å²) >= 11 is 3.41. The molecule has 0 saturated heterocycles. The largest absolute Gasteiger partial charge is 0.380 e. The normalized spacial score (nSPS) is 12.7. The van der Waals surface area contributed by atoms with Gasteiger partial charge in [-0.2, -0.15) is 0 Å². The summed E-state index contributed by atoms with van der Waals surface area (Å²) in [5.41, 5.74) is 4.01. The molecule has 0 bridgehead atoms. The molecule has 0 aliphatic heterocycles. The topological polar surface area (TPSA) is 47.3 Å². The highest BCUT2D eigenvalue weighted by atomic mass is 79.9. The molecule has 0 fully saturated rings. The summed E-state index contributed by atoms with van der Waals surface area (Å²) in [4.78, 5) is 0. The molecule has 3 nitrogen and oxygen atoms in total. The third-order valence-electron chi connectivity index (χ3n) is 2.15. The summed E-state index contributed by atoms with van der Waals surface area (Å²) in [6, 6.07) is 8.40. The number of benzene rings is 1. The number of ether oxygens (including phenoxy) is 1. The first-order chi connectivity index (χ1) is 7.26. The molecule has 0 heterocycles. The second kappa shape index (κ2) is 6.95. The van der Waals surface area contributed by atoms with E-state index in [9.17, 15) is 0 Å². The van der Waals surface area contributed by atoms with E-state index < -0.39 is 0 Å². The predicted molar refractivity (Wildman–Crippen MR) is 65.5 cm³/mol. The van der Waals surface area contributed by atoms with Gasteiger partial charge in [0.25, 0.3) is 0 Å². The average Bonchev–Trinajstić information content (AvgIpc) is 2.27. The molecule has 84 valence electrons. The first-order valence-electron chi connectivity index (χ1n) is 5.04. The molecule has 1 unspecified atom stereocenters. The Bertz CT molecular complexity index is 276. The summed E-state index contributed by atoms with van der Waals surface area (Å²) in [6.45, 7) is 3.34. The monoisotopic (exact) mass is 272 g/mol. The Labute approximate surface area is 99.1 Å². The Balaban J connectivity index is 2.47. The van der Waals surface area contributed by atoms with Gasteiger partial charge in [0.15, 0.2) is 0 Å². The van der Waals surface area contributed by atoms with Crippen molar-refractivity contribution in [3.05, 3.63) is 34.3 Å². The molecule has 1 aromatic carbocycles. The fraction of sp³-hybridized carbons (Fsp3) is 0.455. The lowest BCUT2D eigenvalue weighted by Crippen LogP contribution is -2.40. The van der Waals surface area contributed by atoms with Gasteiger partial charge in [0, 0.05) is 17.1 Å². The molecule has 0 aliphatic carbocycles. The molecule has 3 N–H and O–H groups in total. The van der Waals surface area contributed by atoms with Gasteiger partial charge >= 0.3 is 0 Å². The van der Waals surface area contributed by atoms with Gasteiger partial charge in [-0.15, -0.1) is 0 Å². The maximum absolute atomic E-state index is 5.45. The van der Waals surface area contributed by atoms with E-state index >= 15 is 0 Å². The zero-order chi connectivity index (χ0) is 11.1. The lowest BCUT2D eigenvalue weighted by atomic mass is 10.1. The maximum atomic E-state index is 5.45. The minimum absolute atomic E-state index is 0.172. The molecule has 1 atom stereocenters. The zero-order valence-electron chi connectivity index (χ0n) is 8.87. The minimum atomic E-state index is 0.172. The van der Waals surface area contributed by atoms with E-state index in [1.54, 1.807) is 0 Å². The second-order valence-electron chi connectivity index (χ2n) is 3.35. The summed E-state index contributed by atoms with van der Waals surface area (Å²) in [6.07, 6.45) is 0.879. The summed E-state index contributed by atoms with van der Waals surface area (Å²) in [7, 11) is 0. The van der Waals surface area contributed by atoms with E-state index in [1.165, 1.54) is 5.56 Å². The average molecular weight is 273 g/mol. The van der Waals surface area contributed by atoms with E-state index in [0.717, 1.165) is 17.5 Å². The van der Waals surface area contributed by atoms with Crippen molar-refractivity contribution in [3.8, 4) is 0 Å². The van der Waals surface area contributed by atoms with Gasteiger partial charge in [-0.05, 0) is 31.0 Å². The predicted octanol–water partition coefficient (Wildman–Crippen LogP) is 1.86. The van der Waals surface area contributed by atoms with Gasteiger partial charge < -0.3 is 4.74 Å². The maximum Gasteiger partial charge on any atom is 0.0636 e. The second-order valence-corrected chi connectivity index (χ2v) is 4.27. The molecule has 15 heavy (non-hydrogen) atoms. The molecule has 4 heteroatoms. The molecular formula is C11H17BrN2O. The molecule has 0 saturated carbocycles. The van der Waals surface area contributed by atoms with Crippen molar-refractivity contribution >= 4 is 15.9 Å². The van der Waals surface area contributed by atoms with E-state index in [2.05, 4.69) is 33.5 Å². The van der Waals surface area contributed by atoms with Crippen LogP contribution in [0.4, 0.5) is 0 Å². The first kappa shape index (κ1) is 12.6. The van der Waals surface area contributed by atoms with Crippen LogP contribution in [-0.2, 0) is 11.2 Å². The Kier molecular flexibility index (Phi) is 5.86. The van der Waals surface area contributed by atoms with E-state index in [1.807, 2.05) is 19.1 Å². The molecule has 0 spiro atoms. The van der Waals surface area contributed by atoms with Crippen LogP contribution in [0, 0.1) is 0 Å². The lowest BCUT2D eigenvalue weighted by molar-refractivity contribution is 0.123. The highest BCUT2D eigenvalue weighted by Crippen LogP contribution is 2.11. The third kappa shape index (κ3) is 4.75. The van der Waals surface area contributed by atoms with Crippen LogP contribution >= 0.6 is 15.9 Å². The number of hydrazine groups is 1. The molecular weight excluding hydrogens is 256 g/mol. The van der Waals surface area contributed by atoms with Crippen LogP contribution in [0.3, 0.4) is 0 Å². The van der Waals surface area contributed by atoms with Crippen molar-refractivity contribution < 1.29 is 4.74 Å². The number of nitrogens with two attached hydrogens (primary N) is 1. The minimum Gasteiger partial charge on any atom is -0.380 e. The lowest BCUT2D eigenvalue weighted by Gasteiger charge is -2.15. The van der Waals surface area contributed by atoms with Gasteiger partial charge in [0.2, 0.25) is 0 Å². The van der Waals surface area contributed by atoms with Crippen LogP contribution in [0.2, 0.25) is 0 Å². The Morgan fingerprint density at radius 1 is 1.40 bits per heavy atom. The third-order valence-corrected chi connectivity index (χ3v) is 2.68. The Hall–Kier alpha value is -0.420. The molecule has 0 aromatic heterocycles. The van der Waals surface area contributed by atoms with Gasteiger partial charge in [-0.25, -0.2) is 0 Å². The number of hydrogen-bond donors (Lipinski definition) is 2. The standard InChI is InChI=1S/C11H17BrN2O/c1-2-15-8-11(14-13)7-9-3-5-10(12)6-4-9/h3-6,11,14H,2,7-8,13H2,1H3. The Morgan fingerprint density at radius 3 is 2.60 bits per heavy atom. The fourth-order valence-corrected chi connectivity index (χ4v) is 1.60. The van der Waals surface area contributed by atoms with E-state index in [0.29, 0.717) is 6.61 Å². The smallest absolute Gasteiger partial charge is 0.0636 e. The van der Waals surface area contributed by atoms with Crippen molar-refractivity contribution in [2.75, 3.05) is 13.2 Å². The van der Waals surface area contributed by atoms with Crippen molar-refractivity contribution in [2.24, 2.45) is 5.84 Å². The van der Waals surface area contributed by atoms with E-state index in [-0.39, 0.29) is 6.04 Å². The highest BCUT2D eigenvalue weighted by Gasteiger charge is 2.07. The summed E-state index contributed by atoms with van der Waals surface area (Å²) in [5.74, 6) is 5.45. The van der Waals surface area contributed by atoms with Crippen LogP contribution in [0.1, 0.15) is 12.5 Å². The van der Waals surface area contributed by atoms with Crippen LogP contribution in [0.25, 0.3) is 0 Å². The number of halogens is 1. The van der Waals surface area contributed by atoms with Crippen molar-refractivity contribution in [1.29, 1.82) is 0 Å². The molecule has 1 rings (SSSR count). The number of hydrogen-bond acceptors (Lipinski definition) is 3. The highest BCUT2D eigenvalue weighted by molar-refractivity contribution is 9.10. The summed E-state index contributed by atoms with van der Waals surface area (Å²) < 4.78 is 6.42. The van der Waals surface area contributed by atoms with Crippen LogP contribution < -0.4 is 11.3 Å². The zero-order valence-corrected chi connectivity index (χ0v) is 10.5. The van der Waals surface area contributed by atoms with Gasteiger partial charge in [-0.1, -0.05) is 28.1 Å². The van der Waals surface area contributed by atoms with Crippen LogP contribution in [-0.4, -0.2) is 19.3 Å². The quantitative estimate of drug-likeness (QED) is 0.614. The number of nitrogens with one attached hydrogen (secondary N) is 1. The van der Waals surface area contributed by atoms with Gasteiger partial charge in [0.05, 0.1) is 6.61 Å². The molecule has 1 aromatic rings. The Morgan fingerprint density at radius 2 is 2.07 bits per heavy atom. The SMILES string of the molecule is CCOCC(Cc1ccc(Br)cc1)NN. The summed E-state index contributed by atoms with van der Waals surface area (Å²) in [5, 5.41) is 0. The van der Waals surface area contributed by atoms with Gasteiger partial charge in [0.1, 0.15) is 0 Å². The van der Waals surface area contributed by atoms with Crippen molar-refractivity contribution in [3.63, 3.8) is 0 Å². The van der Waals surface area contributed by atoms with Gasteiger partial charge in [-0.3, -0.25) is 11.3 Å². The number of rotatable bonds is 6. The first-order valence-corrected chi connectivity index (χ1v) is 5.84. The molecule has 0 radical (unpaired) electrons. The molecule has 0 aliphatic rings. The van der Waals surface area contributed by atoms with E-state index in [4.69, 9.17) is 10.6 Å². The van der Waals surface area contributed by atoms with Crippen molar-refractivity contribution in [1.82, 2.24) is 5.43 Å². The fourth-order valence-electron chi connectivity index (χ4n) is 1.33. The van der Waals surface area contributed by atoms with Crippen LogP contribution in [0.15, 0.2) is 28.7 Å². The molecule has 0 amide bonds. The van der Waals surface area contributed by atoms with Crippen molar-refractivity contribution in [2.45, 2.75) is 19.4 Å². The van der Waals surface area contributed by atoms with Crippen LogP contribution in [0.5, 0.6) is 0 Å².